The molecular formula is C17H19Cl2NOSiTi. The fraction of sp³-hybridized carbons (Fsp3) is 0.176. The van der Waals surface area contributed by atoms with Gasteiger partial charge in [0.05, 0.1) is 0 Å². The first-order valence-corrected chi connectivity index (χ1v) is 8.44. The third kappa shape index (κ3) is 9.24. The number of carbonyl (C=O) groups is 1. The van der Waals surface area contributed by atoms with Gasteiger partial charge in [0.25, 0.3) is 0 Å². The van der Waals surface area contributed by atoms with Crippen LogP contribution in [0, 0.1) is 0 Å². The third-order valence-electron chi connectivity index (χ3n) is 2.52. The van der Waals surface area contributed by atoms with Gasteiger partial charge in [-0.2, -0.15) is 0 Å². The molecule has 0 bridgehead atoms. The molecule has 1 amide bonds. The van der Waals surface area contributed by atoms with Crippen LogP contribution >= 0.6 is 0 Å². The zero-order valence-electron chi connectivity index (χ0n) is 13.4. The Morgan fingerprint density at radius 3 is 1.48 bits per heavy atom. The van der Waals surface area contributed by atoms with E-state index in [1.54, 1.807) is 0 Å². The van der Waals surface area contributed by atoms with Crippen LogP contribution in [0.1, 0.15) is 6.92 Å². The Kier molecular flexibility index (Phi) is 17.5. The molecule has 2 nitrogen and oxygen atoms in total. The molecule has 0 saturated heterocycles. The summed E-state index contributed by atoms with van der Waals surface area (Å²) in [4.78, 5) is 9.11. The maximum Gasteiger partial charge on any atom is 4.00 e. The molecule has 120 valence electrons. The van der Waals surface area contributed by atoms with Gasteiger partial charge in [-0.3, -0.25) is 0 Å². The Morgan fingerprint density at radius 1 is 0.913 bits per heavy atom. The van der Waals surface area contributed by atoms with Gasteiger partial charge in [0.1, 0.15) is 0 Å². The molecule has 0 atom stereocenters. The molecule has 0 unspecified atom stereocenters. The third-order valence-corrected chi connectivity index (χ3v) is 2.52. The smallest absolute Gasteiger partial charge is 1.00 e. The van der Waals surface area contributed by atoms with Crippen molar-refractivity contribution in [1.82, 2.24) is 0 Å². The summed E-state index contributed by atoms with van der Waals surface area (Å²) in [5.74, 6) is -0.583. The minimum Gasteiger partial charge on any atom is -1.00 e. The van der Waals surface area contributed by atoms with Crippen molar-refractivity contribution in [2.75, 3.05) is 0 Å². The van der Waals surface area contributed by atoms with Crippen molar-refractivity contribution in [2.45, 2.75) is 20.0 Å². The van der Waals surface area contributed by atoms with Crippen molar-refractivity contribution >= 4 is 37.0 Å². The van der Waals surface area contributed by atoms with Gasteiger partial charge in [-0.1, -0.05) is 49.5 Å². The molecule has 0 heterocycles. The van der Waals surface area contributed by atoms with E-state index in [1.165, 1.54) is 28.5 Å². The standard InChI is InChI=1S/C13H9.C2H5NO.C2H6Si.2ClH.Ti/c1-3-7-12-10(5-1)9-11-6-2-4-8-13(11)12;1-2(3)4;1-3-2;;;/h1-9H;1H3,(H2,3,4);1-2H3;2*1H;/q-1;;;;;+4/p-3. The molecule has 0 aliphatic heterocycles. The van der Waals surface area contributed by atoms with E-state index < -0.39 is 5.91 Å². The van der Waals surface area contributed by atoms with E-state index in [1.807, 2.05) is 0 Å². The summed E-state index contributed by atoms with van der Waals surface area (Å²) in [6, 6.07) is 19.3. The molecule has 0 aromatic heterocycles. The van der Waals surface area contributed by atoms with Crippen LogP contribution in [0.3, 0.4) is 0 Å². The van der Waals surface area contributed by atoms with Crippen LogP contribution in [0.25, 0.3) is 27.3 Å². The first-order chi connectivity index (χ1) is 9.60. The maximum atomic E-state index is 9.11. The second kappa shape index (κ2) is 14.9. The first-order valence-electron chi connectivity index (χ1n) is 6.44. The number of carbonyl (C=O) groups excluding carboxylic acids is 1. The van der Waals surface area contributed by atoms with Crippen LogP contribution in [0.5, 0.6) is 0 Å². The maximum absolute atomic E-state index is 9.11. The summed E-state index contributed by atoms with van der Waals surface area (Å²) in [5, 5.41) is 5.39. The molecule has 3 aromatic rings. The molecule has 0 fully saturated rings. The Hall–Kier alpha value is -0.709. The molecule has 23 heavy (non-hydrogen) atoms. The van der Waals surface area contributed by atoms with Crippen molar-refractivity contribution in [3.05, 3.63) is 60.3 Å². The van der Waals surface area contributed by atoms with E-state index in [-0.39, 0.29) is 46.5 Å². The number of hydrogen-bond acceptors (Lipinski definition) is 1. The van der Waals surface area contributed by atoms with Crippen molar-refractivity contribution in [1.29, 1.82) is 0 Å². The van der Waals surface area contributed by atoms with E-state index in [4.69, 9.17) is 10.5 Å². The average molecular weight is 400 g/mol. The van der Waals surface area contributed by atoms with Crippen molar-refractivity contribution in [3.8, 4) is 0 Å². The van der Waals surface area contributed by atoms with Crippen LogP contribution in [-0.2, 0) is 26.5 Å². The molecule has 0 aliphatic rings. The summed E-state index contributed by atoms with van der Waals surface area (Å²) in [6.07, 6.45) is 0. The minimum absolute atomic E-state index is 0. The minimum atomic E-state index is -0.583. The number of amides is 1. The van der Waals surface area contributed by atoms with Crippen LogP contribution < -0.4 is 24.8 Å². The zero-order valence-corrected chi connectivity index (χ0v) is 17.4. The fourth-order valence-electron chi connectivity index (χ4n) is 1.90. The second-order valence-corrected chi connectivity index (χ2v) is 5.38. The average Bonchev–Trinajstić information content (AvgIpc) is 2.77. The van der Waals surface area contributed by atoms with E-state index in [0.717, 1.165) is 9.52 Å². The molecule has 0 aliphatic carbocycles. The van der Waals surface area contributed by atoms with Gasteiger partial charge >= 0.3 is 21.7 Å². The van der Waals surface area contributed by atoms with Gasteiger partial charge in [-0.25, -0.2) is 0 Å². The normalized spacial score (nSPS) is 8.13. The number of halogens is 2. The molecule has 6 heteroatoms. The Morgan fingerprint density at radius 2 is 1.17 bits per heavy atom. The Labute approximate surface area is 168 Å². The van der Waals surface area contributed by atoms with E-state index in [0.29, 0.717) is 0 Å². The Balaban J connectivity index is -0.000000352. The summed E-state index contributed by atoms with van der Waals surface area (Å²) >= 11 is 0. The number of nitrogens with one attached hydrogen (secondary N) is 1. The Bertz CT molecular complexity index is 634. The number of hydrogen-bond donors (Lipinski definition) is 0. The molecule has 0 saturated carbocycles. The number of fused-ring (bicyclic) bond motifs is 3. The largest absolute Gasteiger partial charge is 4.00 e. The molecule has 1 N–H and O–H groups in total. The van der Waals surface area contributed by atoms with Gasteiger partial charge in [0, 0.05) is 15.4 Å². The van der Waals surface area contributed by atoms with Crippen molar-refractivity contribution < 1.29 is 51.3 Å². The van der Waals surface area contributed by atoms with Crippen LogP contribution in [0.2, 0.25) is 13.1 Å². The molecular weight excluding hydrogens is 381 g/mol. The van der Waals surface area contributed by atoms with Crippen molar-refractivity contribution in [3.63, 3.8) is 0 Å². The van der Waals surface area contributed by atoms with E-state index in [9.17, 15) is 0 Å². The zero-order chi connectivity index (χ0) is 15.0. The molecule has 2 radical (unpaired) electrons. The van der Waals surface area contributed by atoms with Gasteiger partial charge in [-0.15, -0.1) is 39.7 Å². The molecule has 3 rings (SSSR count). The topological polar surface area (TPSA) is 40.9 Å². The molecule has 3 aromatic carbocycles. The van der Waals surface area contributed by atoms with Gasteiger partial charge in [0.15, 0.2) is 0 Å². The predicted molar refractivity (Wildman–Crippen MR) is 89.5 cm³/mol. The first kappa shape index (κ1) is 27.2. The second-order valence-electron chi connectivity index (χ2n) is 4.38. The predicted octanol–water partition coefficient (Wildman–Crippen LogP) is -0.911. The fourth-order valence-corrected chi connectivity index (χ4v) is 1.90. The summed E-state index contributed by atoms with van der Waals surface area (Å²) < 4.78 is 0. The van der Waals surface area contributed by atoms with Crippen LogP contribution in [0.15, 0.2) is 54.6 Å². The van der Waals surface area contributed by atoms with Gasteiger partial charge in [0.2, 0.25) is 0 Å². The monoisotopic (exact) mass is 399 g/mol. The SMILES string of the molecule is CC([NH-])=O.C[Si]C.[Cl-].[Cl-].[Ti+4].c1ccc2c(c1)[cH-]c1ccccc12. The quantitative estimate of drug-likeness (QED) is 0.356. The van der Waals surface area contributed by atoms with E-state index in [2.05, 4.69) is 67.7 Å². The summed E-state index contributed by atoms with van der Waals surface area (Å²) in [5.41, 5.74) is 5.94. The van der Waals surface area contributed by atoms with Gasteiger partial charge in [-0.05, 0) is 6.92 Å². The van der Waals surface area contributed by atoms with Crippen LogP contribution in [0.4, 0.5) is 0 Å². The molecule has 0 spiro atoms. The number of benzene rings is 2. The van der Waals surface area contributed by atoms with Gasteiger partial charge < -0.3 is 35.3 Å². The number of rotatable bonds is 0. The summed E-state index contributed by atoms with van der Waals surface area (Å²) in [6.45, 7) is 5.50. The summed E-state index contributed by atoms with van der Waals surface area (Å²) in [7, 11) is 1.08. The van der Waals surface area contributed by atoms with Crippen molar-refractivity contribution in [2.24, 2.45) is 0 Å². The van der Waals surface area contributed by atoms with Crippen LogP contribution in [-0.4, -0.2) is 15.4 Å². The van der Waals surface area contributed by atoms with E-state index >= 15 is 0 Å².